The Kier molecular flexibility index (Phi) is 11.5. The van der Waals surface area contributed by atoms with E-state index in [9.17, 15) is 62.3 Å². The first kappa shape index (κ1) is 39.6. The van der Waals surface area contributed by atoms with Crippen molar-refractivity contribution in [2.24, 2.45) is 10.2 Å². The minimum absolute atomic E-state index is 0.00403. The zero-order valence-electron chi connectivity index (χ0n) is 25.3. The quantitative estimate of drug-likeness (QED) is 0.0779. The number of hydrogen-bond acceptors (Lipinski definition) is 18. The molecular weight excluding hydrogens is 761 g/mol. The summed E-state index contributed by atoms with van der Waals surface area (Å²) in [6.45, 7) is 0.364. The van der Waals surface area contributed by atoms with Gasteiger partial charge in [0, 0.05) is 18.2 Å². The van der Waals surface area contributed by atoms with Crippen molar-refractivity contribution in [2.45, 2.75) is 21.6 Å². The Bertz CT molecular complexity index is 2560. The van der Waals surface area contributed by atoms with Crippen molar-refractivity contribution in [3.8, 4) is 11.5 Å². The van der Waals surface area contributed by atoms with Crippen LogP contribution >= 0.6 is 0 Å². The molecule has 22 nitrogen and oxygen atoms in total. The number of benzene rings is 3. The highest BCUT2D eigenvalue weighted by atomic mass is 32.3. The first-order valence-corrected chi connectivity index (χ1v) is 18.7. The second-order valence-electron chi connectivity index (χ2n) is 9.54. The van der Waals surface area contributed by atoms with Crippen molar-refractivity contribution < 1.29 is 70.9 Å². The molecule has 3 rings (SSSR count). The minimum Gasteiger partial charge on any atom is -0.495 e. The highest BCUT2D eigenvalue weighted by Crippen LogP contribution is 2.33. The van der Waals surface area contributed by atoms with Gasteiger partial charge < -0.3 is 14.6 Å². The molecule has 0 saturated heterocycles. The van der Waals surface area contributed by atoms with E-state index in [4.69, 9.17) is 14.0 Å². The number of hydrogen-bond donors (Lipinski definition) is 6. The summed E-state index contributed by atoms with van der Waals surface area (Å²) in [5, 5.41) is 14.7. The molecule has 0 radical (unpaired) electrons. The lowest BCUT2D eigenvalue weighted by molar-refractivity contribution is 0.0694. The average molecular weight is 785 g/mol. The summed E-state index contributed by atoms with van der Waals surface area (Å²) in [7, 11) is -17.4. The molecule has 3 aromatic carbocycles. The van der Waals surface area contributed by atoms with E-state index < -0.39 is 107 Å². The third-order valence-corrected chi connectivity index (χ3v) is 10.3. The van der Waals surface area contributed by atoms with Crippen molar-refractivity contribution in [1.29, 1.82) is 0 Å². The van der Waals surface area contributed by atoms with E-state index in [0.29, 0.717) is 18.2 Å². The summed E-state index contributed by atoms with van der Waals surface area (Å²) in [6.07, 6.45) is 0. The Morgan fingerprint density at radius 1 is 0.740 bits per heavy atom. The lowest BCUT2D eigenvalue weighted by atomic mass is 10.2. The lowest BCUT2D eigenvalue weighted by Gasteiger charge is -2.13. The molecule has 0 bridgehead atoms. The first-order valence-electron chi connectivity index (χ1n) is 12.8. The monoisotopic (exact) mass is 784 g/mol. The van der Waals surface area contributed by atoms with Gasteiger partial charge in [0.05, 0.1) is 48.4 Å². The predicted octanol–water partition coefficient (Wildman–Crippen LogP) is -1.75. The summed E-state index contributed by atoms with van der Waals surface area (Å²) in [6, 6.07) is 3.43. The SMILES string of the molecule is COc1cc(S(=O)(=O)CCOS(=O)(=O)O)c(C)cc1NN=c1c(C(=O)O)cc(=O)c(=NNc2cc(S(=O)(=O)O)c(OC)cc2S(=O)(=O)O)c1=O. The maximum absolute atomic E-state index is 13.3. The molecule has 0 unspecified atom stereocenters. The van der Waals surface area contributed by atoms with E-state index in [0.717, 1.165) is 26.4 Å². The van der Waals surface area contributed by atoms with Gasteiger partial charge in [-0.3, -0.25) is 34.1 Å². The summed E-state index contributed by atoms with van der Waals surface area (Å²) < 4.78 is 136. The van der Waals surface area contributed by atoms with Crippen molar-refractivity contribution >= 4 is 57.8 Å². The minimum atomic E-state index is -5.18. The van der Waals surface area contributed by atoms with Crippen LogP contribution in [0.1, 0.15) is 15.9 Å². The van der Waals surface area contributed by atoms with Crippen LogP contribution in [0, 0.1) is 6.92 Å². The van der Waals surface area contributed by atoms with Gasteiger partial charge in [-0.05, 0) is 24.6 Å². The number of nitrogens with zero attached hydrogens (tertiary/aromatic N) is 2. The van der Waals surface area contributed by atoms with Crippen LogP contribution in [0.3, 0.4) is 0 Å². The van der Waals surface area contributed by atoms with Crippen molar-refractivity contribution in [2.75, 3.05) is 37.4 Å². The Morgan fingerprint density at radius 3 is 1.80 bits per heavy atom. The number of rotatable bonds is 14. The zero-order valence-corrected chi connectivity index (χ0v) is 28.6. The smallest absolute Gasteiger partial charge is 0.397 e. The highest BCUT2D eigenvalue weighted by Gasteiger charge is 2.26. The zero-order chi connectivity index (χ0) is 38.0. The van der Waals surface area contributed by atoms with Gasteiger partial charge in [-0.15, -0.1) is 0 Å². The number of nitrogens with one attached hydrogen (secondary N) is 2. The van der Waals surface area contributed by atoms with Gasteiger partial charge >= 0.3 is 16.4 Å². The molecule has 0 saturated carbocycles. The van der Waals surface area contributed by atoms with Crippen LogP contribution < -0.4 is 41.9 Å². The summed E-state index contributed by atoms with van der Waals surface area (Å²) in [5.74, 6) is -3.70. The molecule has 0 heterocycles. The Balaban J connectivity index is 2.19. The van der Waals surface area contributed by atoms with Gasteiger partial charge in [0.1, 0.15) is 26.6 Å². The third-order valence-electron chi connectivity index (χ3n) is 6.24. The Labute approximate surface area is 281 Å². The summed E-state index contributed by atoms with van der Waals surface area (Å²) in [4.78, 5) is 35.4. The highest BCUT2D eigenvalue weighted by molar-refractivity contribution is 7.91. The van der Waals surface area contributed by atoms with Crippen molar-refractivity contribution in [3.05, 3.63) is 72.6 Å². The third kappa shape index (κ3) is 9.24. The topological polar surface area (TPSA) is 345 Å². The lowest BCUT2D eigenvalue weighted by Crippen LogP contribution is -2.50. The summed E-state index contributed by atoms with van der Waals surface area (Å²) >= 11 is 0. The van der Waals surface area contributed by atoms with Crippen LogP contribution in [0.15, 0.2) is 64.8 Å². The van der Waals surface area contributed by atoms with Crippen molar-refractivity contribution in [3.63, 3.8) is 0 Å². The van der Waals surface area contributed by atoms with Gasteiger partial charge in [-0.1, -0.05) is 0 Å². The van der Waals surface area contributed by atoms with E-state index >= 15 is 0 Å². The van der Waals surface area contributed by atoms with E-state index in [2.05, 4.69) is 19.8 Å². The Morgan fingerprint density at radius 2 is 1.28 bits per heavy atom. The molecule has 272 valence electrons. The molecule has 6 N–H and O–H groups in total. The molecule has 50 heavy (non-hydrogen) atoms. The summed E-state index contributed by atoms with van der Waals surface area (Å²) in [5.41, 5.74) is -0.627. The second kappa shape index (κ2) is 14.6. The fourth-order valence-corrected chi connectivity index (χ4v) is 7.11. The van der Waals surface area contributed by atoms with Gasteiger partial charge in [0.25, 0.3) is 20.2 Å². The van der Waals surface area contributed by atoms with Crippen LogP contribution in [0.4, 0.5) is 11.4 Å². The fraction of sp³-hybridized carbons (Fsp3) is 0.208. The maximum Gasteiger partial charge on any atom is 0.397 e. The maximum atomic E-state index is 13.3. The van der Waals surface area contributed by atoms with Crippen LogP contribution in [0.25, 0.3) is 0 Å². The molecular formula is C24H24N4O18S4. The number of carbonyl (C=O) groups is 1. The number of anilines is 2. The molecule has 3 aromatic rings. The number of aryl methyl sites for hydroxylation is 1. The predicted molar refractivity (Wildman–Crippen MR) is 167 cm³/mol. The van der Waals surface area contributed by atoms with Gasteiger partial charge in [0.15, 0.2) is 15.2 Å². The number of carboxylic acids is 1. The van der Waals surface area contributed by atoms with Crippen LogP contribution in [0.5, 0.6) is 11.5 Å². The van der Waals surface area contributed by atoms with Crippen LogP contribution in [-0.4, -0.2) is 85.0 Å². The van der Waals surface area contributed by atoms with E-state index in [1.165, 1.54) is 6.92 Å². The normalized spacial score (nSPS) is 13.2. The van der Waals surface area contributed by atoms with Gasteiger partial charge in [-0.25, -0.2) is 17.4 Å². The second-order valence-corrected chi connectivity index (χ2v) is 15.5. The Hall–Kier alpha value is -4.83. The molecule has 0 spiro atoms. The van der Waals surface area contributed by atoms with E-state index in [1.807, 2.05) is 5.43 Å². The number of ether oxygens (including phenoxy) is 2. The molecule has 0 amide bonds. The number of carboxylic acid groups (broad SMARTS) is 1. The molecule has 0 aromatic heterocycles. The molecule has 0 aliphatic carbocycles. The van der Waals surface area contributed by atoms with Crippen molar-refractivity contribution in [1.82, 2.24) is 0 Å². The number of aromatic carboxylic acids is 1. The largest absolute Gasteiger partial charge is 0.495 e. The van der Waals surface area contributed by atoms with E-state index in [1.54, 1.807) is 0 Å². The molecule has 0 atom stereocenters. The van der Waals surface area contributed by atoms with Gasteiger partial charge in [-0.2, -0.15) is 35.5 Å². The molecule has 26 heteroatoms. The molecule has 0 aliphatic heterocycles. The number of sulfone groups is 1. The molecule has 0 fully saturated rings. The van der Waals surface area contributed by atoms with E-state index in [-0.39, 0.29) is 21.9 Å². The standard InChI is InChI=1S/C24H24N4O18S4/c1-11-6-13(16(44-2)9-18(11)47(33,34)5-4-46-50(41,42)43)25-27-21-12(24(31)32)7-15(29)22(23(21)30)28-26-14-8-20(49(38,39)40)17(45-3)10-19(14)48(35,36)37/h6-10,25-26H,4-5H2,1-3H3,(H,31,32)(H,35,36,37)(H,38,39,40)(H,41,42,43). The van der Waals surface area contributed by atoms with Crippen LogP contribution in [0.2, 0.25) is 0 Å². The molecule has 0 aliphatic rings. The van der Waals surface area contributed by atoms with Gasteiger partial charge in [0.2, 0.25) is 10.9 Å². The fourth-order valence-electron chi connectivity index (χ4n) is 4.05. The average Bonchev–Trinajstić information content (AvgIpc) is 2.97. The first-order chi connectivity index (χ1) is 22.9. The number of methoxy groups -OCH3 is 2. The van der Waals surface area contributed by atoms with Crippen LogP contribution in [-0.2, 0) is 44.7 Å².